The summed E-state index contributed by atoms with van der Waals surface area (Å²) in [6.07, 6.45) is 3.37. The molecule has 1 atom stereocenters. The predicted octanol–water partition coefficient (Wildman–Crippen LogP) is 2.78. The number of benzene rings is 2. The summed E-state index contributed by atoms with van der Waals surface area (Å²) in [5.41, 5.74) is 4.40. The molecule has 0 heterocycles. The fraction of sp³-hybridized carbons (Fsp3) is 0.263. The van der Waals surface area contributed by atoms with Crippen molar-refractivity contribution < 1.29 is 9.59 Å². The monoisotopic (exact) mass is 323 g/mol. The Kier molecular flexibility index (Phi) is 4.79. The topological polar surface area (TPSA) is 70.2 Å². The van der Waals surface area contributed by atoms with Gasteiger partial charge in [-0.3, -0.25) is 10.1 Å². The van der Waals surface area contributed by atoms with Crippen molar-refractivity contribution in [1.82, 2.24) is 10.6 Å². The van der Waals surface area contributed by atoms with E-state index in [0.29, 0.717) is 0 Å². The molecule has 0 aromatic heterocycles. The lowest BCUT2D eigenvalue weighted by Crippen LogP contribution is -2.42. The van der Waals surface area contributed by atoms with Gasteiger partial charge in [-0.2, -0.15) is 0 Å². The van der Waals surface area contributed by atoms with Crippen molar-refractivity contribution in [3.63, 3.8) is 0 Å². The maximum Gasteiger partial charge on any atom is 0.321 e. The number of aryl methyl sites for hydroxylation is 2. The maximum atomic E-state index is 12.5. The van der Waals surface area contributed by atoms with Crippen LogP contribution in [0.1, 0.15) is 29.2 Å². The molecule has 0 aliphatic heterocycles. The van der Waals surface area contributed by atoms with Gasteiger partial charge < -0.3 is 10.6 Å². The zero-order chi connectivity index (χ0) is 16.9. The largest absolute Gasteiger partial charge is 0.370 e. The summed E-state index contributed by atoms with van der Waals surface area (Å²) in [6, 6.07) is 14.4. The Morgan fingerprint density at radius 1 is 1.00 bits per heavy atom. The van der Waals surface area contributed by atoms with Crippen LogP contribution in [0.15, 0.2) is 48.5 Å². The minimum atomic E-state index is -0.636. The number of fused-ring (bicyclic) bond motifs is 1. The van der Waals surface area contributed by atoms with Gasteiger partial charge >= 0.3 is 6.03 Å². The molecule has 5 nitrogen and oxygen atoms in total. The minimum absolute atomic E-state index is 0.388. The second-order valence-electron chi connectivity index (χ2n) is 5.89. The Bertz CT molecular complexity index is 744. The smallest absolute Gasteiger partial charge is 0.321 e. The number of amides is 3. The lowest BCUT2D eigenvalue weighted by Gasteiger charge is -2.20. The molecule has 0 fully saturated rings. The van der Waals surface area contributed by atoms with Crippen LogP contribution in [0.4, 0.5) is 10.5 Å². The van der Waals surface area contributed by atoms with E-state index in [-0.39, 0.29) is 5.91 Å². The third-order valence-electron chi connectivity index (χ3n) is 4.27. The lowest BCUT2D eigenvalue weighted by atomic mass is 10.0. The number of hydrogen-bond donors (Lipinski definition) is 3. The summed E-state index contributed by atoms with van der Waals surface area (Å²) >= 11 is 0. The van der Waals surface area contributed by atoms with Gasteiger partial charge in [-0.25, -0.2) is 4.79 Å². The molecule has 0 saturated carbocycles. The molecule has 24 heavy (non-hydrogen) atoms. The second kappa shape index (κ2) is 7.17. The number of imide groups is 1. The fourth-order valence-electron chi connectivity index (χ4n) is 3.02. The standard InChI is InChI=1S/C19H21N3O2/c1-20-19(24)22-18(23)17(14-6-3-2-4-7-14)21-16-11-10-13-8-5-9-15(13)12-16/h2-4,6-7,10-12,17,21H,5,8-9H2,1H3,(H2,20,22,23,24)/t17-/m0/s1. The summed E-state index contributed by atoms with van der Waals surface area (Å²) in [5, 5.41) is 8.01. The van der Waals surface area contributed by atoms with Crippen LogP contribution < -0.4 is 16.0 Å². The van der Waals surface area contributed by atoms with Crippen molar-refractivity contribution in [3.05, 3.63) is 65.2 Å². The number of urea groups is 1. The van der Waals surface area contributed by atoms with Crippen LogP contribution in [0.5, 0.6) is 0 Å². The highest BCUT2D eigenvalue weighted by molar-refractivity contribution is 5.98. The molecule has 0 radical (unpaired) electrons. The summed E-state index contributed by atoms with van der Waals surface area (Å²) in [4.78, 5) is 24.0. The highest BCUT2D eigenvalue weighted by Gasteiger charge is 2.22. The normalized spacial score (nSPS) is 13.7. The van der Waals surface area contributed by atoms with Gasteiger partial charge in [0.2, 0.25) is 0 Å². The molecule has 2 aromatic rings. The number of rotatable bonds is 4. The van der Waals surface area contributed by atoms with Crippen LogP contribution in [-0.4, -0.2) is 19.0 Å². The van der Waals surface area contributed by atoms with E-state index in [9.17, 15) is 9.59 Å². The number of nitrogens with one attached hydrogen (secondary N) is 3. The van der Waals surface area contributed by atoms with Gasteiger partial charge in [-0.15, -0.1) is 0 Å². The van der Waals surface area contributed by atoms with E-state index in [1.165, 1.54) is 24.6 Å². The van der Waals surface area contributed by atoms with Crippen molar-refractivity contribution in [2.45, 2.75) is 25.3 Å². The third kappa shape index (κ3) is 3.56. The van der Waals surface area contributed by atoms with E-state index in [1.807, 2.05) is 36.4 Å². The number of hydrogen-bond acceptors (Lipinski definition) is 3. The van der Waals surface area contributed by atoms with Crippen LogP contribution in [0.2, 0.25) is 0 Å². The Labute approximate surface area is 141 Å². The van der Waals surface area contributed by atoms with E-state index in [1.54, 1.807) is 0 Å². The van der Waals surface area contributed by atoms with E-state index in [2.05, 4.69) is 28.1 Å². The van der Waals surface area contributed by atoms with Gasteiger partial charge in [-0.1, -0.05) is 36.4 Å². The first kappa shape index (κ1) is 16.1. The highest BCUT2D eigenvalue weighted by atomic mass is 16.2. The molecular weight excluding hydrogens is 302 g/mol. The SMILES string of the molecule is CNC(=O)NC(=O)[C@@H](Nc1ccc2c(c1)CCC2)c1ccccc1. The molecule has 0 unspecified atom stereocenters. The molecule has 2 aromatic carbocycles. The Hall–Kier alpha value is -2.82. The molecule has 3 rings (SSSR count). The number of carbonyl (C=O) groups excluding carboxylic acids is 2. The molecule has 3 amide bonds. The van der Waals surface area contributed by atoms with E-state index in [4.69, 9.17) is 0 Å². The van der Waals surface area contributed by atoms with E-state index < -0.39 is 12.1 Å². The van der Waals surface area contributed by atoms with Gasteiger partial charge in [0, 0.05) is 12.7 Å². The Morgan fingerprint density at radius 3 is 2.50 bits per heavy atom. The van der Waals surface area contributed by atoms with Crippen molar-refractivity contribution >= 4 is 17.6 Å². The zero-order valence-corrected chi connectivity index (χ0v) is 13.6. The second-order valence-corrected chi connectivity index (χ2v) is 5.89. The highest BCUT2D eigenvalue weighted by Crippen LogP contribution is 2.27. The van der Waals surface area contributed by atoms with E-state index in [0.717, 1.165) is 24.1 Å². The van der Waals surface area contributed by atoms with Crippen molar-refractivity contribution in [1.29, 1.82) is 0 Å². The average molecular weight is 323 g/mol. The third-order valence-corrected chi connectivity index (χ3v) is 4.27. The summed E-state index contributed by atoms with van der Waals surface area (Å²) in [7, 11) is 1.48. The van der Waals surface area contributed by atoms with Crippen LogP contribution >= 0.6 is 0 Å². The molecule has 5 heteroatoms. The minimum Gasteiger partial charge on any atom is -0.370 e. The summed E-state index contributed by atoms with van der Waals surface area (Å²) in [6.45, 7) is 0. The zero-order valence-electron chi connectivity index (χ0n) is 13.6. The van der Waals surface area contributed by atoms with Gasteiger partial charge in [0.05, 0.1) is 0 Å². The molecule has 1 aliphatic rings. The van der Waals surface area contributed by atoms with E-state index >= 15 is 0 Å². The van der Waals surface area contributed by atoms with Crippen LogP contribution in [0, 0.1) is 0 Å². The first-order valence-electron chi connectivity index (χ1n) is 8.13. The quantitative estimate of drug-likeness (QED) is 0.810. The molecule has 1 aliphatic carbocycles. The van der Waals surface area contributed by atoms with Gasteiger partial charge in [0.15, 0.2) is 0 Å². The molecule has 124 valence electrons. The molecule has 0 spiro atoms. The summed E-state index contributed by atoms with van der Waals surface area (Å²) < 4.78 is 0. The first-order valence-corrected chi connectivity index (χ1v) is 8.13. The maximum absolute atomic E-state index is 12.5. The Morgan fingerprint density at radius 2 is 1.75 bits per heavy atom. The average Bonchev–Trinajstić information content (AvgIpc) is 3.08. The van der Waals surface area contributed by atoms with Gasteiger partial charge in [0.1, 0.15) is 6.04 Å². The lowest BCUT2D eigenvalue weighted by molar-refractivity contribution is -0.120. The van der Waals surface area contributed by atoms with Crippen LogP contribution in [0.3, 0.4) is 0 Å². The Balaban J connectivity index is 1.84. The number of anilines is 1. The van der Waals surface area contributed by atoms with Crippen molar-refractivity contribution in [3.8, 4) is 0 Å². The van der Waals surface area contributed by atoms with Crippen molar-refractivity contribution in [2.24, 2.45) is 0 Å². The van der Waals surface area contributed by atoms with Gasteiger partial charge in [-0.05, 0) is 48.1 Å². The molecule has 0 saturated heterocycles. The first-order chi connectivity index (χ1) is 11.7. The molecular formula is C19H21N3O2. The van der Waals surface area contributed by atoms with Gasteiger partial charge in [0.25, 0.3) is 5.91 Å². The molecule has 3 N–H and O–H groups in total. The molecule has 0 bridgehead atoms. The number of carbonyl (C=O) groups is 2. The van der Waals surface area contributed by atoms with Crippen LogP contribution in [-0.2, 0) is 17.6 Å². The fourth-order valence-corrected chi connectivity index (χ4v) is 3.02. The van der Waals surface area contributed by atoms with Crippen LogP contribution in [0.25, 0.3) is 0 Å². The summed E-state index contributed by atoms with van der Waals surface area (Å²) in [5.74, 6) is -0.388. The predicted molar refractivity (Wildman–Crippen MR) is 93.9 cm³/mol. The van der Waals surface area contributed by atoms with Crippen molar-refractivity contribution in [2.75, 3.05) is 12.4 Å².